The maximum absolute atomic E-state index is 12.5. The number of nitrogens with one attached hydrogen (secondary N) is 2. The molecule has 0 saturated carbocycles. The van der Waals surface area contributed by atoms with Gasteiger partial charge >= 0.3 is 0 Å². The Balaban J connectivity index is 1.71. The van der Waals surface area contributed by atoms with Gasteiger partial charge in [-0.1, -0.05) is 36.4 Å². The number of anilines is 1. The second-order valence-electron chi connectivity index (χ2n) is 6.07. The molecule has 2 N–H and O–H groups in total. The number of hydrogen-bond acceptors (Lipinski definition) is 4. The van der Waals surface area contributed by atoms with Crippen LogP contribution < -0.4 is 15.8 Å². The minimum atomic E-state index is -0.297. The molecule has 0 unspecified atom stereocenters. The summed E-state index contributed by atoms with van der Waals surface area (Å²) in [5, 5.41) is 10.2. The van der Waals surface area contributed by atoms with Crippen molar-refractivity contribution in [1.82, 2.24) is 15.5 Å². The van der Waals surface area contributed by atoms with Crippen molar-refractivity contribution in [1.29, 1.82) is 0 Å². The van der Waals surface area contributed by atoms with E-state index in [1.807, 2.05) is 12.1 Å². The molecule has 0 atom stereocenters. The maximum Gasteiger partial charge on any atom is 0.272 e. The van der Waals surface area contributed by atoms with Crippen LogP contribution in [0.2, 0.25) is 0 Å². The Morgan fingerprint density at radius 1 is 1.12 bits per heavy atom. The Labute approximate surface area is 151 Å². The van der Waals surface area contributed by atoms with E-state index < -0.39 is 0 Å². The number of aromatic amines is 1. The lowest BCUT2D eigenvalue weighted by Crippen LogP contribution is -2.36. The number of carbonyl (C=O) groups excluding carboxylic acids is 1. The van der Waals surface area contributed by atoms with E-state index in [2.05, 4.69) is 46.4 Å². The average molecular weight is 350 g/mol. The van der Waals surface area contributed by atoms with Crippen molar-refractivity contribution in [2.45, 2.75) is 13.8 Å². The fourth-order valence-electron chi connectivity index (χ4n) is 3.04. The Kier molecular flexibility index (Phi) is 5.31. The van der Waals surface area contributed by atoms with Gasteiger partial charge in [-0.25, -0.2) is 5.10 Å². The van der Waals surface area contributed by atoms with Gasteiger partial charge in [0.2, 0.25) is 0 Å². The van der Waals surface area contributed by atoms with Crippen molar-refractivity contribution in [2.75, 3.05) is 24.5 Å². The molecule has 1 heterocycles. The van der Waals surface area contributed by atoms with Gasteiger partial charge < -0.3 is 10.2 Å². The zero-order valence-corrected chi connectivity index (χ0v) is 15.0. The van der Waals surface area contributed by atoms with Crippen molar-refractivity contribution in [3.63, 3.8) is 0 Å². The van der Waals surface area contributed by atoms with Gasteiger partial charge in [0.15, 0.2) is 5.69 Å². The average Bonchev–Trinajstić information content (AvgIpc) is 2.66. The third kappa shape index (κ3) is 3.59. The molecule has 0 radical (unpaired) electrons. The molecule has 1 amide bonds. The van der Waals surface area contributed by atoms with E-state index in [0.717, 1.165) is 12.2 Å². The van der Waals surface area contributed by atoms with Crippen LogP contribution in [0.3, 0.4) is 0 Å². The van der Waals surface area contributed by atoms with Crippen LogP contribution in [0.4, 0.5) is 5.69 Å². The van der Waals surface area contributed by atoms with Crippen molar-refractivity contribution < 1.29 is 4.79 Å². The van der Waals surface area contributed by atoms with Gasteiger partial charge in [0.1, 0.15) is 0 Å². The minimum Gasteiger partial charge on any atom is -0.370 e. The fraction of sp³-hybridized carbons (Fsp3) is 0.250. The summed E-state index contributed by atoms with van der Waals surface area (Å²) < 4.78 is 0. The molecular formula is C20H22N4O2. The smallest absolute Gasteiger partial charge is 0.272 e. The first-order valence-corrected chi connectivity index (χ1v) is 8.68. The van der Waals surface area contributed by atoms with Crippen LogP contribution in [-0.2, 0) is 0 Å². The standard InChI is InChI=1S/C20H22N4O2/c1-3-24(17-11-7-4-8-14(17)2)13-12-21-20(26)18-15-9-5-6-10-16(15)19(25)23-22-18/h4-11H,3,12-13H2,1-2H3,(H,21,26)(H,23,25). The molecule has 2 aromatic carbocycles. The first kappa shape index (κ1) is 17.7. The molecule has 3 rings (SSSR count). The van der Waals surface area contributed by atoms with Gasteiger partial charge in [-0.05, 0) is 31.5 Å². The molecule has 0 saturated heterocycles. The number of nitrogens with zero attached hydrogens (tertiary/aromatic N) is 2. The molecule has 6 heteroatoms. The number of likely N-dealkylation sites (N-methyl/N-ethyl adjacent to an activating group) is 1. The Bertz CT molecular complexity index is 981. The highest BCUT2D eigenvalue weighted by molar-refractivity contribution is 6.04. The van der Waals surface area contributed by atoms with Crippen molar-refractivity contribution >= 4 is 22.4 Å². The van der Waals surface area contributed by atoms with Crippen molar-refractivity contribution in [3.05, 3.63) is 70.1 Å². The summed E-state index contributed by atoms with van der Waals surface area (Å²) in [6.07, 6.45) is 0. The van der Waals surface area contributed by atoms with Gasteiger partial charge in [-0.2, -0.15) is 5.10 Å². The first-order chi connectivity index (χ1) is 12.6. The van der Waals surface area contributed by atoms with Gasteiger partial charge in [-0.15, -0.1) is 0 Å². The summed E-state index contributed by atoms with van der Waals surface area (Å²) in [6.45, 7) is 6.18. The first-order valence-electron chi connectivity index (χ1n) is 8.68. The Hall–Kier alpha value is -3.15. The Morgan fingerprint density at radius 2 is 1.81 bits per heavy atom. The molecule has 3 aromatic rings. The quantitative estimate of drug-likeness (QED) is 0.716. The lowest BCUT2D eigenvalue weighted by Gasteiger charge is -2.25. The van der Waals surface area contributed by atoms with Crippen LogP contribution in [-0.4, -0.2) is 35.7 Å². The van der Waals surface area contributed by atoms with Gasteiger partial charge in [0, 0.05) is 30.7 Å². The van der Waals surface area contributed by atoms with Crippen LogP contribution in [0.5, 0.6) is 0 Å². The van der Waals surface area contributed by atoms with Crippen LogP contribution in [0.25, 0.3) is 10.8 Å². The van der Waals surface area contributed by atoms with E-state index in [-0.39, 0.29) is 17.2 Å². The number of para-hydroxylation sites is 1. The predicted molar refractivity (Wildman–Crippen MR) is 104 cm³/mol. The molecular weight excluding hydrogens is 328 g/mol. The van der Waals surface area contributed by atoms with Crippen LogP contribution in [0.15, 0.2) is 53.3 Å². The molecule has 0 bridgehead atoms. The maximum atomic E-state index is 12.5. The van der Waals surface area contributed by atoms with E-state index in [4.69, 9.17) is 0 Å². The summed E-state index contributed by atoms with van der Waals surface area (Å²) >= 11 is 0. The number of fused-ring (bicyclic) bond motifs is 1. The molecule has 134 valence electrons. The molecule has 6 nitrogen and oxygen atoms in total. The minimum absolute atomic E-state index is 0.235. The summed E-state index contributed by atoms with van der Waals surface area (Å²) in [4.78, 5) is 26.6. The van der Waals surface area contributed by atoms with E-state index in [0.29, 0.717) is 23.9 Å². The monoisotopic (exact) mass is 350 g/mol. The molecule has 26 heavy (non-hydrogen) atoms. The summed E-state index contributed by atoms with van der Waals surface area (Å²) in [5.74, 6) is -0.293. The van der Waals surface area contributed by atoms with Gasteiger partial charge in [0.05, 0.1) is 5.39 Å². The number of aryl methyl sites for hydroxylation is 1. The molecule has 0 spiro atoms. The van der Waals surface area contributed by atoms with Crippen molar-refractivity contribution in [2.24, 2.45) is 0 Å². The molecule has 1 aromatic heterocycles. The van der Waals surface area contributed by atoms with E-state index in [1.54, 1.807) is 24.3 Å². The number of H-pyrrole nitrogens is 1. The predicted octanol–water partition coefficient (Wildman–Crippen LogP) is 2.49. The lowest BCUT2D eigenvalue weighted by atomic mass is 10.1. The van der Waals surface area contributed by atoms with Gasteiger partial charge in [-0.3, -0.25) is 9.59 Å². The number of carbonyl (C=O) groups is 1. The fourth-order valence-corrected chi connectivity index (χ4v) is 3.04. The summed E-state index contributed by atoms with van der Waals surface area (Å²) in [7, 11) is 0. The number of hydrogen-bond donors (Lipinski definition) is 2. The number of aromatic nitrogens is 2. The van der Waals surface area contributed by atoms with E-state index in [9.17, 15) is 9.59 Å². The number of rotatable bonds is 6. The summed E-state index contributed by atoms with van der Waals surface area (Å²) in [6, 6.07) is 15.2. The number of benzene rings is 2. The molecule has 0 fully saturated rings. The highest BCUT2D eigenvalue weighted by atomic mass is 16.2. The lowest BCUT2D eigenvalue weighted by molar-refractivity contribution is 0.0950. The second kappa shape index (κ2) is 7.82. The normalized spacial score (nSPS) is 10.7. The SMILES string of the molecule is CCN(CCNC(=O)c1n[nH]c(=O)c2ccccc12)c1ccccc1C. The zero-order valence-electron chi connectivity index (χ0n) is 15.0. The van der Waals surface area contributed by atoms with E-state index in [1.165, 1.54) is 5.56 Å². The third-order valence-electron chi connectivity index (χ3n) is 4.42. The van der Waals surface area contributed by atoms with Crippen molar-refractivity contribution in [3.8, 4) is 0 Å². The van der Waals surface area contributed by atoms with Gasteiger partial charge in [0.25, 0.3) is 11.5 Å². The van der Waals surface area contributed by atoms with E-state index >= 15 is 0 Å². The topological polar surface area (TPSA) is 78.1 Å². The van der Waals surface area contributed by atoms with Crippen LogP contribution in [0, 0.1) is 6.92 Å². The second-order valence-corrected chi connectivity index (χ2v) is 6.07. The summed E-state index contributed by atoms with van der Waals surface area (Å²) in [5.41, 5.74) is 2.30. The highest BCUT2D eigenvalue weighted by Crippen LogP contribution is 2.18. The zero-order chi connectivity index (χ0) is 18.5. The van der Waals surface area contributed by atoms with Crippen LogP contribution in [0.1, 0.15) is 23.0 Å². The molecule has 0 aliphatic heterocycles. The molecule has 0 aliphatic rings. The largest absolute Gasteiger partial charge is 0.370 e. The molecule has 0 aliphatic carbocycles. The third-order valence-corrected chi connectivity index (χ3v) is 4.42. The van der Waals surface area contributed by atoms with Crippen LogP contribution >= 0.6 is 0 Å². The highest BCUT2D eigenvalue weighted by Gasteiger charge is 2.14. The Morgan fingerprint density at radius 3 is 2.54 bits per heavy atom. The number of amides is 1.